The average Bonchev–Trinajstić information content (AvgIpc) is 3.44. The number of nitrogens with zero attached hydrogens (tertiary/aromatic N) is 8. The first-order chi connectivity index (χ1) is 18.7. The Morgan fingerprint density at radius 2 is 1.92 bits per heavy atom. The molecule has 1 unspecified atom stereocenters. The molecule has 5 heterocycles. The maximum Gasteiger partial charge on any atom is 0.247 e. The molecule has 2 saturated heterocycles. The minimum absolute atomic E-state index is 0.0274. The van der Waals surface area contributed by atoms with E-state index >= 15 is 0 Å². The Morgan fingerprint density at radius 3 is 2.56 bits per heavy atom. The van der Waals surface area contributed by atoms with Gasteiger partial charge in [-0.1, -0.05) is 6.42 Å². The topological polar surface area (TPSA) is 136 Å². The van der Waals surface area contributed by atoms with Gasteiger partial charge in [-0.05, 0) is 39.5 Å². The van der Waals surface area contributed by atoms with E-state index in [4.69, 9.17) is 4.98 Å². The van der Waals surface area contributed by atoms with Crippen molar-refractivity contribution >= 4 is 33.2 Å². The molecule has 1 amide bonds. The smallest absolute Gasteiger partial charge is 0.247 e. The molecule has 0 aromatic carbocycles. The zero-order chi connectivity index (χ0) is 27.6. The van der Waals surface area contributed by atoms with Gasteiger partial charge in [0.05, 0.1) is 17.5 Å². The van der Waals surface area contributed by atoms with Gasteiger partial charge >= 0.3 is 0 Å². The van der Waals surface area contributed by atoms with Crippen LogP contribution in [0.5, 0.6) is 0 Å². The predicted octanol–water partition coefficient (Wildman–Crippen LogP) is 2.05. The number of anilines is 3. The summed E-state index contributed by atoms with van der Waals surface area (Å²) < 4.78 is 37.8. The Bertz CT molecular complexity index is 1480. The molecule has 3 aliphatic heterocycles. The molecule has 2 aromatic rings. The van der Waals surface area contributed by atoms with Crippen LogP contribution in [0.3, 0.4) is 0 Å². The monoisotopic (exact) mass is 554 g/mol. The Kier molecular flexibility index (Phi) is 6.02. The van der Waals surface area contributed by atoms with E-state index in [-0.39, 0.29) is 36.2 Å². The van der Waals surface area contributed by atoms with Gasteiger partial charge in [0.15, 0.2) is 20.4 Å². The number of fused-ring (bicyclic) bond motifs is 2. The summed E-state index contributed by atoms with van der Waals surface area (Å²) in [5, 5.41) is 17.7. The lowest BCUT2D eigenvalue weighted by atomic mass is 9.66. The molecular weight excluding hydrogens is 523 g/mol. The molecular formula is C26H31FN8O3S. The van der Waals surface area contributed by atoms with Crippen molar-refractivity contribution < 1.29 is 17.6 Å². The standard InChI is InChI=1S/C26H31FN8O3S/c1-17-13-34(24(36)26(14-27)7-4-8-39(26,37)38)18(2)12-33(17)22-21-23(30-16-29-22)35(15-25(21)5-3-6-25)20-9-19(10-28)11-31-32-20/h9,11,16-18H,3-8,12-15H2,1-2H3/t17-,18+,26?/m1/s1. The van der Waals surface area contributed by atoms with E-state index in [1.807, 2.05) is 18.7 Å². The van der Waals surface area contributed by atoms with Crippen LogP contribution < -0.4 is 9.80 Å². The van der Waals surface area contributed by atoms with Gasteiger partial charge in [-0.3, -0.25) is 4.79 Å². The van der Waals surface area contributed by atoms with Crippen LogP contribution >= 0.6 is 0 Å². The first kappa shape index (κ1) is 25.9. The molecule has 206 valence electrons. The lowest BCUT2D eigenvalue weighted by Gasteiger charge is -2.48. The normalized spacial score (nSPS) is 28.7. The minimum Gasteiger partial charge on any atom is -0.350 e. The number of carbonyl (C=O) groups is 1. The number of aromatic nitrogens is 4. The number of nitriles is 1. The van der Waals surface area contributed by atoms with E-state index in [0.717, 1.165) is 36.5 Å². The molecule has 2 aromatic heterocycles. The van der Waals surface area contributed by atoms with Crippen molar-refractivity contribution in [1.29, 1.82) is 5.26 Å². The van der Waals surface area contributed by atoms with Crippen molar-refractivity contribution in [3.8, 4) is 6.07 Å². The molecule has 0 N–H and O–H groups in total. The summed E-state index contributed by atoms with van der Waals surface area (Å²) >= 11 is 0. The molecule has 4 aliphatic rings. The van der Waals surface area contributed by atoms with Crippen LogP contribution in [-0.2, 0) is 20.0 Å². The summed E-state index contributed by atoms with van der Waals surface area (Å²) in [7, 11) is -3.85. The van der Waals surface area contributed by atoms with E-state index in [2.05, 4.69) is 26.2 Å². The predicted molar refractivity (Wildman–Crippen MR) is 141 cm³/mol. The van der Waals surface area contributed by atoms with Gasteiger partial charge in [-0.25, -0.2) is 22.8 Å². The van der Waals surface area contributed by atoms with Crippen molar-refractivity contribution in [3.63, 3.8) is 0 Å². The van der Waals surface area contributed by atoms with Crippen LogP contribution in [0.4, 0.5) is 21.8 Å². The third-order valence-electron chi connectivity index (χ3n) is 9.13. The third kappa shape index (κ3) is 3.71. The Balaban J connectivity index is 1.34. The summed E-state index contributed by atoms with van der Waals surface area (Å²) in [5.41, 5.74) is 1.31. The van der Waals surface area contributed by atoms with E-state index in [9.17, 15) is 22.9 Å². The number of alkyl halides is 1. The molecule has 13 heteroatoms. The fraction of sp³-hybridized carbons (Fsp3) is 0.615. The number of amides is 1. The van der Waals surface area contributed by atoms with Crippen LogP contribution in [-0.4, -0.2) is 88.3 Å². The van der Waals surface area contributed by atoms with Gasteiger partial charge in [0.1, 0.15) is 30.7 Å². The van der Waals surface area contributed by atoms with Gasteiger partial charge in [0.2, 0.25) is 5.91 Å². The van der Waals surface area contributed by atoms with Gasteiger partial charge in [0.25, 0.3) is 0 Å². The van der Waals surface area contributed by atoms with Crippen molar-refractivity contribution in [3.05, 3.63) is 29.7 Å². The van der Waals surface area contributed by atoms with Crippen molar-refractivity contribution in [2.24, 2.45) is 0 Å². The van der Waals surface area contributed by atoms with Crippen LogP contribution in [0.2, 0.25) is 0 Å². The van der Waals surface area contributed by atoms with Crippen molar-refractivity contribution in [2.75, 3.05) is 41.9 Å². The van der Waals surface area contributed by atoms with Crippen LogP contribution in [0.1, 0.15) is 57.1 Å². The van der Waals surface area contributed by atoms with Crippen LogP contribution in [0.25, 0.3) is 0 Å². The first-order valence-corrected chi connectivity index (χ1v) is 15.0. The quantitative estimate of drug-likeness (QED) is 0.552. The van der Waals surface area contributed by atoms with Gasteiger partial charge < -0.3 is 14.7 Å². The van der Waals surface area contributed by atoms with E-state index in [1.54, 1.807) is 11.0 Å². The van der Waals surface area contributed by atoms with E-state index in [0.29, 0.717) is 30.9 Å². The highest BCUT2D eigenvalue weighted by atomic mass is 32.2. The Hall–Kier alpha value is -3.40. The van der Waals surface area contributed by atoms with E-state index < -0.39 is 27.2 Å². The number of sulfone groups is 1. The number of piperazine rings is 1. The second kappa shape index (κ2) is 9.08. The van der Waals surface area contributed by atoms with Crippen LogP contribution in [0.15, 0.2) is 18.6 Å². The molecule has 1 aliphatic carbocycles. The summed E-state index contributed by atoms with van der Waals surface area (Å²) in [6.45, 7) is 4.02. The number of hydrogen-bond acceptors (Lipinski definition) is 10. The SMILES string of the molecule is C[C@@H]1CN(C(=O)C2(CF)CCCS2(=O)=O)[C@@H](C)CN1c1ncnc2c1C1(CCC1)CN2c1cc(C#N)cnn1. The second-order valence-corrected chi connectivity index (χ2v) is 13.8. The Morgan fingerprint density at radius 1 is 1.15 bits per heavy atom. The number of hydrogen-bond donors (Lipinski definition) is 0. The minimum atomic E-state index is -3.85. The first-order valence-electron chi connectivity index (χ1n) is 13.4. The molecule has 39 heavy (non-hydrogen) atoms. The fourth-order valence-corrected chi connectivity index (χ4v) is 8.70. The lowest BCUT2D eigenvalue weighted by Crippen LogP contribution is -2.64. The highest BCUT2D eigenvalue weighted by Crippen LogP contribution is 2.56. The summed E-state index contributed by atoms with van der Waals surface area (Å²) in [6.07, 6.45) is 6.31. The van der Waals surface area contributed by atoms with Gasteiger partial charge in [-0.15, -0.1) is 5.10 Å². The highest BCUT2D eigenvalue weighted by Gasteiger charge is 2.57. The number of halogens is 1. The van der Waals surface area contributed by atoms with Gasteiger partial charge in [-0.2, -0.15) is 10.4 Å². The second-order valence-electron chi connectivity index (χ2n) is 11.4. The molecule has 0 bridgehead atoms. The molecule has 11 nitrogen and oxygen atoms in total. The Labute approximate surface area is 227 Å². The third-order valence-corrected chi connectivity index (χ3v) is 11.6. The molecule has 0 radical (unpaired) electrons. The highest BCUT2D eigenvalue weighted by molar-refractivity contribution is 7.93. The van der Waals surface area contributed by atoms with Crippen LogP contribution in [0, 0.1) is 11.3 Å². The lowest BCUT2D eigenvalue weighted by molar-refractivity contribution is -0.137. The zero-order valence-electron chi connectivity index (χ0n) is 22.0. The fourth-order valence-electron chi connectivity index (χ4n) is 6.78. The summed E-state index contributed by atoms with van der Waals surface area (Å²) in [5.74, 6) is 1.34. The summed E-state index contributed by atoms with van der Waals surface area (Å²) in [6, 6.07) is 3.31. The molecule has 3 fully saturated rings. The summed E-state index contributed by atoms with van der Waals surface area (Å²) in [4.78, 5) is 28.7. The molecule has 1 saturated carbocycles. The average molecular weight is 555 g/mol. The molecule has 6 rings (SSSR count). The number of carbonyl (C=O) groups excluding carboxylic acids is 1. The molecule has 1 spiro atoms. The maximum absolute atomic E-state index is 14.2. The maximum atomic E-state index is 14.2. The van der Waals surface area contributed by atoms with Crippen molar-refractivity contribution in [1.82, 2.24) is 25.1 Å². The largest absolute Gasteiger partial charge is 0.350 e. The van der Waals surface area contributed by atoms with Crippen molar-refractivity contribution in [2.45, 2.75) is 68.2 Å². The van der Waals surface area contributed by atoms with E-state index in [1.165, 1.54) is 12.5 Å². The van der Waals surface area contributed by atoms with Gasteiger partial charge in [0, 0.05) is 48.8 Å². The molecule has 3 atom stereocenters. The number of rotatable bonds is 4. The zero-order valence-corrected chi connectivity index (χ0v) is 22.9.